The van der Waals surface area contributed by atoms with E-state index in [9.17, 15) is 20.0 Å². The topological polar surface area (TPSA) is 173 Å². The largest absolute Gasteiger partial charge is 0.490 e. The van der Waals surface area contributed by atoms with Crippen LogP contribution < -0.4 is 35.0 Å². The number of hydrogen-bond donors (Lipinski definition) is 4. The number of carbonyl (C=O) groups is 2. The molecule has 48 heavy (non-hydrogen) atoms. The van der Waals surface area contributed by atoms with E-state index in [0.29, 0.717) is 63.1 Å². The number of rotatable bonds is 15. The molecule has 1 aliphatic rings. The summed E-state index contributed by atoms with van der Waals surface area (Å²) in [7, 11) is 1.27. The van der Waals surface area contributed by atoms with Crippen molar-refractivity contribution < 1.29 is 38.4 Å². The van der Waals surface area contributed by atoms with Gasteiger partial charge in [-0.1, -0.05) is 24.3 Å². The monoisotopic (exact) mass is 721 g/mol. The van der Waals surface area contributed by atoms with Crippen LogP contribution in [0, 0.1) is 11.3 Å². The van der Waals surface area contributed by atoms with Gasteiger partial charge in [0.2, 0.25) is 0 Å². The summed E-state index contributed by atoms with van der Waals surface area (Å²) in [5, 5.41) is 29.4. The van der Waals surface area contributed by atoms with E-state index in [1.54, 1.807) is 56.3 Å². The number of amides is 2. The van der Waals surface area contributed by atoms with Crippen LogP contribution >= 0.6 is 15.9 Å². The van der Waals surface area contributed by atoms with Gasteiger partial charge in [0.25, 0.3) is 0 Å². The van der Waals surface area contributed by atoms with Crippen molar-refractivity contribution >= 4 is 34.1 Å². The molecule has 0 unspecified atom stereocenters. The molecule has 4 N–H and O–H groups in total. The fourth-order valence-electron chi connectivity index (χ4n) is 4.79. The predicted molar refractivity (Wildman–Crippen MR) is 180 cm³/mol. The molecule has 0 spiro atoms. The molecule has 0 saturated carbocycles. The van der Waals surface area contributed by atoms with Gasteiger partial charge in [-0.3, -0.25) is 5.43 Å². The SMILES string of the molecule is CCOc1cc([C@@H]2NC(=O)NC(C)=C2C(=O)OC)ccc1OC[C@@H](O)N/N=C\c1cc(Br)c(OCc2ccccc2C#N)c(OCC)c1. The lowest BCUT2D eigenvalue weighted by molar-refractivity contribution is -0.136. The Labute approximate surface area is 286 Å². The zero-order chi connectivity index (χ0) is 34.6. The Hall–Kier alpha value is -5.26. The smallest absolute Gasteiger partial charge is 0.337 e. The number of benzene rings is 3. The van der Waals surface area contributed by atoms with E-state index in [2.05, 4.69) is 43.2 Å². The average Bonchev–Trinajstić information content (AvgIpc) is 3.07. The van der Waals surface area contributed by atoms with Crippen LogP contribution in [0.25, 0.3) is 0 Å². The molecule has 3 aromatic rings. The van der Waals surface area contributed by atoms with Gasteiger partial charge in [-0.25, -0.2) is 9.59 Å². The number of halogens is 1. The quantitative estimate of drug-likeness (QED) is 0.0738. The third kappa shape index (κ3) is 8.96. The molecule has 0 fully saturated rings. The van der Waals surface area contributed by atoms with E-state index in [1.165, 1.54) is 13.3 Å². The van der Waals surface area contributed by atoms with Gasteiger partial charge in [0.05, 0.1) is 54.3 Å². The van der Waals surface area contributed by atoms with Crippen molar-refractivity contribution in [2.75, 3.05) is 26.9 Å². The molecule has 0 radical (unpaired) electrons. The molecule has 2 atom stereocenters. The summed E-state index contributed by atoms with van der Waals surface area (Å²) in [6.07, 6.45) is 0.321. The minimum Gasteiger partial charge on any atom is -0.490 e. The van der Waals surface area contributed by atoms with Gasteiger partial charge >= 0.3 is 12.0 Å². The van der Waals surface area contributed by atoms with Gasteiger partial charge in [-0.2, -0.15) is 10.4 Å². The van der Waals surface area contributed by atoms with Crippen molar-refractivity contribution in [3.63, 3.8) is 0 Å². The third-order valence-electron chi connectivity index (χ3n) is 6.95. The number of nitrogens with zero attached hydrogens (tertiary/aromatic N) is 2. The Morgan fingerprint density at radius 3 is 2.56 bits per heavy atom. The maximum atomic E-state index is 12.5. The van der Waals surface area contributed by atoms with Crippen molar-refractivity contribution in [2.45, 2.75) is 39.6 Å². The normalized spacial score (nSPS) is 14.8. The number of aliphatic hydroxyl groups is 1. The summed E-state index contributed by atoms with van der Waals surface area (Å²) in [6, 6.07) is 16.6. The van der Waals surface area contributed by atoms with Crippen LogP contribution in [0.5, 0.6) is 23.0 Å². The number of ether oxygens (including phenoxy) is 5. The predicted octanol–water partition coefficient (Wildman–Crippen LogP) is 4.82. The second-order valence-corrected chi connectivity index (χ2v) is 11.1. The lowest BCUT2D eigenvalue weighted by Crippen LogP contribution is -2.45. The molecule has 3 aromatic carbocycles. The van der Waals surface area contributed by atoms with E-state index < -0.39 is 24.3 Å². The molecular formula is C34H36BrN5O8. The number of nitrogens with one attached hydrogen (secondary N) is 3. The summed E-state index contributed by atoms with van der Waals surface area (Å²) in [4.78, 5) is 24.7. The van der Waals surface area contributed by atoms with Crippen molar-refractivity contribution in [3.05, 3.63) is 92.6 Å². The second-order valence-electron chi connectivity index (χ2n) is 10.2. The van der Waals surface area contributed by atoms with Crippen LogP contribution in [0.1, 0.15) is 49.1 Å². The minimum atomic E-state index is -1.19. The second kappa shape index (κ2) is 17.1. The van der Waals surface area contributed by atoms with Gasteiger partial charge in [0, 0.05) is 11.3 Å². The van der Waals surface area contributed by atoms with Gasteiger partial charge in [-0.15, -0.1) is 0 Å². The van der Waals surface area contributed by atoms with Gasteiger partial charge in [0.1, 0.15) is 13.2 Å². The number of allylic oxidation sites excluding steroid dienone is 1. The molecule has 0 saturated heterocycles. The Morgan fingerprint density at radius 1 is 1.08 bits per heavy atom. The van der Waals surface area contributed by atoms with Crippen molar-refractivity contribution in [1.82, 2.24) is 16.1 Å². The lowest BCUT2D eigenvalue weighted by atomic mass is 9.95. The Morgan fingerprint density at radius 2 is 1.83 bits per heavy atom. The minimum absolute atomic E-state index is 0.178. The van der Waals surface area contributed by atoms with E-state index in [4.69, 9.17) is 23.7 Å². The highest BCUT2D eigenvalue weighted by molar-refractivity contribution is 9.10. The number of carbonyl (C=O) groups excluding carboxylic acids is 2. The zero-order valence-corrected chi connectivity index (χ0v) is 28.4. The molecule has 4 rings (SSSR count). The summed E-state index contributed by atoms with van der Waals surface area (Å²) >= 11 is 3.54. The molecule has 1 aliphatic heterocycles. The Balaban J connectivity index is 1.41. The maximum Gasteiger partial charge on any atom is 0.337 e. The number of nitriles is 1. The number of hydrogen-bond acceptors (Lipinski definition) is 11. The summed E-state index contributed by atoms with van der Waals surface area (Å²) < 4.78 is 28.9. The number of aliphatic hydroxyl groups excluding tert-OH is 1. The highest BCUT2D eigenvalue weighted by Crippen LogP contribution is 2.38. The molecule has 252 valence electrons. The number of esters is 1. The molecule has 14 heteroatoms. The lowest BCUT2D eigenvalue weighted by Gasteiger charge is -2.28. The van der Waals surface area contributed by atoms with Gasteiger partial charge in [0.15, 0.2) is 29.2 Å². The van der Waals surface area contributed by atoms with E-state index in [-0.39, 0.29) is 18.8 Å². The first-order chi connectivity index (χ1) is 23.2. The van der Waals surface area contributed by atoms with Crippen LogP contribution in [0.15, 0.2) is 75.4 Å². The Kier molecular flexibility index (Phi) is 12.6. The molecule has 0 bridgehead atoms. The first kappa shape index (κ1) is 35.6. The number of methoxy groups -OCH3 is 1. The van der Waals surface area contributed by atoms with Crippen LogP contribution in [0.3, 0.4) is 0 Å². The van der Waals surface area contributed by atoms with Gasteiger partial charge < -0.3 is 39.4 Å². The highest BCUT2D eigenvalue weighted by Gasteiger charge is 2.32. The fourth-order valence-corrected chi connectivity index (χ4v) is 5.36. The van der Waals surface area contributed by atoms with E-state index in [0.717, 1.165) is 5.56 Å². The average molecular weight is 723 g/mol. The Bertz CT molecular complexity index is 1740. The summed E-state index contributed by atoms with van der Waals surface area (Å²) in [6.45, 7) is 5.99. The third-order valence-corrected chi connectivity index (χ3v) is 7.54. The van der Waals surface area contributed by atoms with E-state index >= 15 is 0 Å². The van der Waals surface area contributed by atoms with Crippen molar-refractivity contribution in [2.24, 2.45) is 5.10 Å². The summed E-state index contributed by atoms with van der Waals surface area (Å²) in [5.41, 5.74) is 5.78. The highest BCUT2D eigenvalue weighted by atomic mass is 79.9. The number of hydrazone groups is 1. The van der Waals surface area contributed by atoms with Crippen LogP contribution in [-0.2, 0) is 16.1 Å². The van der Waals surface area contributed by atoms with Crippen molar-refractivity contribution in [1.29, 1.82) is 5.26 Å². The maximum absolute atomic E-state index is 12.5. The van der Waals surface area contributed by atoms with Crippen LogP contribution in [0.4, 0.5) is 4.79 Å². The fraction of sp³-hybridized carbons (Fsp3) is 0.294. The van der Waals surface area contributed by atoms with Gasteiger partial charge in [-0.05, 0) is 78.2 Å². The molecule has 2 amide bonds. The zero-order valence-electron chi connectivity index (χ0n) is 26.8. The molecule has 13 nitrogen and oxygen atoms in total. The molecule has 0 aromatic heterocycles. The van der Waals surface area contributed by atoms with E-state index in [1.807, 2.05) is 19.1 Å². The van der Waals surface area contributed by atoms with Crippen LogP contribution in [-0.4, -0.2) is 56.5 Å². The molecular weight excluding hydrogens is 686 g/mol. The molecule has 0 aliphatic carbocycles. The van der Waals surface area contributed by atoms with Crippen LogP contribution in [0.2, 0.25) is 0 Å². The van der Waals surface area contributed by atoms with Crippen molar-refractivity contribution in [3.8, 4) is 29.1 Å². The molecule has 1 heterocycles. The standard InChI is InChI=1S/C34H36BrN5O8/c1-5-45-27-15-22(31-30(33(42)44-4)20(3)38-34(43)39-31)11-12-26(27)47-19-29(41)40-37-17-21-13-25(35)32(28(14-21)46-6-2)48-18-24-10-8-7-9-23(24)16-36/h7-15,17,29,31,40-41H,5-6,18-19H2,1-4H3,(H2,38,39,43)/b37-17-/t29-,31+/m1/s1. The first-order valence-electron chi connectivity index (χ1n) is 15.0. The first-order valence-corrected chi connectivity index (χ1v) is 15.8. The number of urea groups is 1. The summed E-state index contributed by atoms with van der Waals surface area (Å²) in [5.74, 6) is 1.07.